The van der Waals surface area contributed by atoms with Crippen LogP contribution in [-0.2, 0) is 11.8 Å². The standard InChI is InChI=1S/C19H18N4O2S/c1-13(24)21-16-5-3-4-14(12-16)18(25)22-15-6-8-17(9-7-15)26-19-20-10-11-23(19)2/h3-12H,1-2H3,(H,21,24)(H,22,25). The van der Waals surface area contributed by atoms with Crippen molar-refractivity contribution in [3.63, 3.8) is 0 Å². The lowest BCUT2D eigenvalue weighted by molar-refractivity contribution is -0.114. The Morgan fingerprint density at radius 2 is 1.81 bits per heavy atom. The molecule has 26 heavy (non-hydrogen) atoms. The SMILES string of the molecule is CC(=O)Nc1cccc(C(=O)Nc2ccc(Sc3nccn3C)cc2)c1. The van der Waals surface area contributed by atoms with E-state index in [-0.39, 0.29) is 11.8 Å². The Labute approximate surface area is 155 Å². The van der Waals surface area contributed by atoms with E-state index in [1.807, 2.05) is 42.1 Å². The van der Waals surface area contributed by atoms with Gasteiger partial charge in [0.2, 0.25) is 5.91 Å². The number of anilines is 2. The van der Waals surface area contributed by atoms with Crippen LogP contribution < -0.4 is 10.6 Å². The second-order valence-electron chi connectivity index (χ2n) is 5.66. The predicted molar refractivity (Wildman–Crippen MR) is 102 cm³/mol. The number of carbonyl (C=O) groups is 2. The third kappa shape index (κ3) is 4.52. The molecule has 0 aliphatic rings. The Hall–Kier alpha value is -3.06. The van der Waals surface area contributed by atoms with Crippen molar-refractivity contribution in [1.29, 1.82) is 0 Å². The first-order valence-corrected chi connectivity index (χ1v) is 8.77. The number of hydrogen-bond acceptors (Lipinski definition) is 4. The summed E-state index contributed by atoms with van der Waals surface area (Å²) < 4.78 is 1.95. The van der Waals surface area contributed by atoms with Crippen molar-refractivity contribution in [2.45, 2.75) is 17.0 Å². The fourth-order valence-corrected chi connectivity index (χ4v) is 3.11. The Kier molecular flexibility index (Phi) is 5.38. The Bertz CT molecular complexity index is 935. The summed E-state index contributed by atoms with van der Waals surface area (Å²) in [6.07, 6.45) is 3.65. The molecule has 3 rings (SSSR count). The van der Waals surface area contributed by atoms with Crippen LogP contribution in [0.5, 0.6) is 0 Å². The maximum atomic E-state index is 12.4. The minimum Gasteiger partial charge on any atom is -0.329 e. The highest BCUT2D eigenvalue weighted by atomic mass is 32.2. The number of rotatable bonds is 5. The van der Waals surface area contributed by atoms with Crippen molar-refractivity contribution in [1.82, 2.24) is 9.55 Å². The molecule has 0 radical (unpaired) electrons. The molecular formula is C19H18N4O2S. The van der Waals surface area contributed by atoms with Crippen LogP contribution in [0.1, 0.15) is 17.3 Å². The van der Waals surface area contributed by atoms with Crippen LogP contribution in [0.25, 0.3) is 0 Å². The zero-order valence-corrected chi connectivity index (χ0v) is 15.2. The molecule has 2 aromatic carbocycles. The van der Waals surface area contributed by atoms with Gasteiger partial charge in [0.05, 0.1) is 0 Å². The molecule has 6 nitrogen and oxygen atoms in total. The number of hydrogen-bond donors (Lipinski definition) is 2. The summed E-state index contributed by atoms with van der Waals surface area (Å²) >= 11 is 1.55. The summed E-state index contributed by atoms with van der Waals surface area (Å²) in [5.41, 5.74) is 1.76. The molecule has 0 unspecified atom stereocenters. The summed E-state index contributed by atoms with van der Waals surface area (Å²) in [6, 6.07) is 14.4. The van der Waals surface area contributed by atoms with Crippen molar-refractivity contribution in [2.24, 2.45) is 7.05 Å². The fourth-order valence-electron chi connectivity index (χ4n) is 2.31. The first kappa shape index (κ1) is 17.8. The van der Waals surface area contributed by atoms with Crippen molar-refractivity contribution >= 4 is 35.0 Å². The molecule has 2 amide bonds. The normalized spacial score (nSPS) is 10.4. The van der Waals surface area contributed by atoms with Crippen molar-refractivity contribution < 1.29 is 9.59 Å². The molecule has 2 N–H and O–H groups in total. The lowest BCUT2D eigenvalue weighted by Crippen LogP contribution is -2.13. The smallest absolute Gasteiger partial charge is 0.255 e. The first-order valence-electron chi connectivity index (χ1n) is 7.95. The van der Waals surface area contributed by atoms with Gasteiger partial charge in [0.15, 0.2) is 5.16 Å². The highest BCUT2D eigenvalue weighted by molar-refractivity contribution is 7.99. The highest BCUT2D eigenvalue weighted by Crippen LogP contribution is 2.27. The number of carbonyl (C=O) groups excluding carboxylic acids is 2. The van der Waals surface area contributed by atoms with Crippen LogP contribution in [0.2, 0.25) is 0 Å². The molecule has 7 heteroatoms. The van der Waals surface area contributed by atoms with Crippen molar-refractivity contribution in [2.75, 3.05) is 10.6 Å². The monoisotopic (exact) mass is 366 g/mol. The third-order valence-electron chi connectivity index (χ3n) is 3.54. The van der Waals surface area contributed by atoms with Gasteiger partial charge in [-0.1, -0.05) is 17.8 Å². The van der Waals surface area contributed by atoms with E-state index >= 15 is 0 Å². The fraction of sp³-hybridized carbons (Fsp3) is 0.105. The number of nitrogens with one attached hydrogen (secondary N) is 2. The Morgan fingerprint density at radius 1 is 1.04 bits per heavy atom. The van der Waals surface area contributed by atoms with Crippen molar-refractivity contribution in [3.05, 3.63) is 66.5 Å². The molecule has 0 saturated heterocycles. The van der Waals surface area contributed by atoms with Gasteiger partial charge in [-0.3, -0.25) is 9.59 Å². The minimum atomic E-state index is -0.235. The predicted octanol–water partition coefficient (Wildman–Crippen LogP) is 3.78. The summed E-state index contributed by atoms with van der Waals surface area (Å²) in [5, 5.41) is 6.42. The third-order valence-corrected chi connectivity index (χ3v) is 4.63. The number of aromatic nitrogens is 2. The molecule has 0 aliphatic heterocycles. The topological polar surface area (TPSA) is 76.0 Å². The van der Waals surface area contributed by atoms with E-state index in [0.717, 1.165) is 10.1 Å². The molecule has 3 aromatic rings. The molecule has 1 heterocycles. The van der Waals surface area contributed by atoms with Crippen LogP contribution in [-0.4, -0.2) is 21.4 Å². The molecule has 132 valence electrons. The van der Waals surface area contributed by atoms with Gasteiger partial charge in [0.1, 0.15) is 0 Å². The lowest BCUT2D eigenvalue weighted by atomic mass is 10.2. The molecule has 0 spiro atoms. The number of imidazole rings is 1. The zero-order chi connectivity index (χ0) is 18.5. The largest absolute Gasteiger partial charge is 0.329 e. The summed E-state index contributed by atoms with van der Waals surface area (Å²) in [6.45, 7) is 1.43. The molecular weight excluding hydrogens is 348 g/mol. The van der Waals surface area contributed by atoms with Gasteiger partial charge >= 0.3 is 0 Å². The summed E-state index contributed by atoms with van der Waals surface area (Å²) in [5.74, 6) is -0.412. The van der Waals surface area contributed by atoms with Crippen LogP contribution in [0.4, 0.5) is 11.4 Å². The minimum absolute atomic E-state index is 0.177. The van der Waals surface area contributed by atoms with Crippen LogP contribution in [0.15, 0.2) is 71.0 Å². The van der Waals surface area contributed by atoms with E-state index in [0.29, 0.717) is 16.9 Å². The Morgan fingerprint density at radius 3 is 2.46 bits per heavy atom. The highest BCUT2D eigenvalue weighted by Gasteiger charge is 2.08. The lowest BCUT2D eigenvalue weighted by Gasteiger charge is -2.08. The summed E-state index contributed by atoms with van der Waals surface area (Å²) in [4.78, 5) is 28.8. The second-order valence-corrected chi connectivity index (χ2v) is 6.70. The van der Waals surface area contributed by atoms with Crippen LogP contribution in [0.3, 0.4) is 0 Å². The number of nitrogens with zero attached hydrogens (tertiary/aromatic N) is 2. The molecule has 1 aromatic heterocycles. The van der Waals surface area contributed by atoms with Crippen LogP contribution in [0, 0.1) is 0 Å². The number of amides is 2. The maximum Gasteiger partial charge on any atom is 0.255 e. The van der Waals surface area contributed by atoms with Gasteiger partial charge in [0, 0.05) is 48.2 Å². The molecule has 0 aliphatic carbocycles. The second kappa shape index (κ2) is 7.88. The average Bonchev–Trinajstić information content (AvgIpc) is 3.01. The molecule has 0 bridgehead atoms. The maximum absolute atomic E-state index is 12.4. The van der Waals surface area contributed by atoms with Gasteiger partial charge < -0.3 is 15.2 Å². The van der Waals surface area contributed by atoms with Crippen LogP contribution >= 0.6 is 11.8 Å². The molecule has 0 fully saturated rings. The number of aryl methyl sites for hydroxylation is 1. The summed E-state index contributed by atoms with van der Waals surface area (Å²) in [7, 11) is 1.94. The quantitative estimate of drug-likeness (QED) is 0.720. The van der Waals surface area contributed by atoms with E-state index in [1.165, 1.54) is 6.92 Å². The van der Waals surface area contributed by atoms with Gasteiger partial charge in [-0.15, -0.1) is 0 Å². The van der Waals surface area contributed by atoms with Crippen molar-refractivity contribution in [3.8, 4) is 0 Å². The van der Waals surface area contributed by atoms with Gasteiger partial charge in [-0.05, 0) is 42.5 Å². The van der Waals surface area contributed by atoms with Gasteiger partial charge in [0.25, 0.3) is 5.91 Å². The molecule has 0 saturated carbocycles. The van der Waals surface area contributed by atoms with E-state index in [2.05, 4.69) is 15.6 Å². The average molecular weight is 366 g/mol. The van der Waals surface area contributed by atoms with E-state index in [4.69, 9.17) is 0 Å². The van der Waals surface area contributed by atoms with Gasteiger partial charge in [-0.2, -0.15) is 0 Å². The van der Waals surface area contributed by atoms with Gasteiger partial charge in [-0.25, -0.2) is 4.98 Å². The first-order chi connectivity index (χ1) is 12.5. The Balaban J connectivity index is 1.66. The van der Waals surface area contributed by atoms with E-state index < -0.39 is 0 Å². The molecule has 0 atom stereocenters. The zero-order valence-electron chi connectivity index (χ0n) is 14.4. The number of benzene rings is 2. The van der Waals surface area contributed by atoms with E-state index in [1.54, 1.807) is 42.2 Å². The van der Waals surface area contributed by atoms with E-state index in [9.17, 15) is 9.59 Å².